The summed E-state index contributed by atoms with van der Waals surface area (Å²) in [5.74, 6) is 1.26. The van der Waals surface area contributed by atoms with E-state index in [9.17, 15) is 4.79 Å². The van der Waals surface area contributed by atoms with Crippen molar-refractivity contribution in [2.45, 2.75) is 38.5 Å². The maximum absolute atomic E-state index is 10.6. The Bertz CT molecular complexity index is 372. The molecule has 0 aromatic carbocycles. The van der Waals surface area contributed by atoms with Crippen LogP contribution in [-0.2, 0) is 4.79 Å². The maximum Gasteiger partial charge on any atom is 0.328 e. The van der Waals surface area contributed by atoms with Crippen molar-refractivity contribution in [3.05, 3.63) is 23.3 Å². The van der Waals surface area contributed by atoms with Crippen molar-refractivity contribution in [3.63, 3.8) is 0 Å². The minimum absolute atomic E-state index is 0.478. The van der Waals surface area contributed by atoms with Gasteiger partial charge in [-0.1, -0.05) is 30.1 Å². The van der Waals surface area contributed by atoms with Gasteiger partial charge in [0.2, 0.25) is 0 Å². The highest BCUT2D eigenvalue weighted by molar-refractivity contribution is 5.81. The van der Waals surface area contributed by atoms with Gasteiger partial charge in [0, 0.05) is 12.0 Å². The fourth-order valence-electron chi connectivity index (χ4n) is 3.66. The predicted molar refractivity (Wildman–Crippen MR) is 62.0 cm³/mol. The smallest absolute Gasteiger partial charge is 0.328 e. The van der Waals surface area contributed by atoms with Crippen LogP contribution in [0, 0.1) is 17.8 Å². The lowest BCUT2D eigenvalue weighted by molar-refractivity contribution is -0.131. The van der Waals surface area contributed by atoms with Crippen LogP contribution in [0.15, 0.2) is 23.3 Å². The maximum atomic E-state index is 10.6. The van der Waals surface area contributed by atoms with Gasteiger partial charge in [0.25, 0.3) is 0 Å². The van der Waals surface area contributed by atoms with Crippen molar-refractivity contribution in [2.75, 3.05) is 0 Å². The van der Waals surface area contributed by atoms with Crippen molar-refractivity contribution in [1.82, 2.24) is 0 Å². The van der Waals surface area contributed by atoms with Crippen molar-refractivity contribution in [2.24, 2.45) is 17.8 Å². The molecule has 86 valence electrons. The third-order valence-corrected chi connectivity index (χ3v) is 4.51. The van der Waals surface area contributed by atoms with Crippen LogP contribution in [-0.4, -0.2) is 11.1 Å². The van der Waals surface area contributed by atoms with E-state index in [1.807, 2.05) is 0 Å². The van der Waals surface area contributed by atoms with E-state index >= 15 is 0 Å². The van der Waals surface area contributed by atoms with Crippen LogP contribution in [0.4, 0.5) is 0 Å². The molecule has 0 spiro atoms. The lowest BCUT2D eigenvalue weighted by Crippen LogP contribution is -2.24. The summed E-state index contributed by atoms with van der Waals surface area (Å²) in [7, 11) is 0. The van der Waals surface area contributed by atoms with Crippen molar-refractivity contribution >= 4 is 5.97 Å². The van der Waals surface area contributed by atoms with Crippen LogP contribution in [0.25, 0.3) is 0 Å². The molecule has 3 aliphatic rings. The van der Waals surface area contributed by atoms with E-state index in [0.717, 1.165) is 23.8 Å². The molecule has 0 aromatic rings. The van der Waals surface area contributed by atoms with Crippen molar-refractivity contribution in [3.8, 4) is 0 Å². The fourth-order valence-corrected chi connectivity index (χ4v) is 3.66. The summed E-state index contributed by atoms with van der Waals surface area (Å²) in [5, 5.41) is 8.75. The standard InChI is InChI=1S/C14H18O2/c15-14(16)8-12-6-11-5-10(7-13(11)12)9-3-1-2-4-9/h7-9,11,13H,1-6H2,(H,15,16)/t11-,13-/m0/s1. The van der Waals surface area contributed by atoms with Gasteiger partial charge in [-0.25, -0.2) is 4.79 Å². The zero-order valence-electron chi connectivity index (χ0n) is 9.48. The molecule has 3 aliphatic carbocycles. The number of hydrogen-bond acceptors (Lipinski definition) is 1. The first-order chi connectivity index (χ1) is 7.74. The van der Waals surface area contributed by atoms with Crippen LogP contribution < -0.4 is 0 Å². The zero-order chi connectivity index (χ0) is 11.1. The minimum Gasteiger partial charge on any atom is -0.478 e. The topological polar surface area (TPSA) is 37.3 Å². The third kappa shape index (κ3) is 1.60. The van der Waals surface area contributed by atoms with Gasteiger partial charge in [0.1, 0.15) is 0 Å². The number of carboxylic acid groups (broad SMARTS) is 1. The second-order valence-electron chi connectivity index (χ2n) is 5.47. The highest BCUT2D eigenvalue weighted by Crippen LogP contribution is 2.52. The van der Waals surface area contributed by atoms with Gasteiger partial charge in [-0.2, -0.15) is 0 Å². The molecule has 0 amide bonds. The van der Waals surface area contributed by atoms with Gasteiger partial charge < -0.3 is 5.11 Å². The second kappa shape index (κ2) is 3.76. The number of hydrogen-bond donors (Lipinski definition) is 1. The molecule has 0 aliphatic heterocycles. The molecule has 0 radical (unpaired) electrons. The van der Waals surface area contributed by atoms with E-state index < -0.39 is 5.97 Å². The van der Waals surface area contributed by atoms with E-state index in [4.69, 9.17) is 5.11 Å². The van der Waals surface area contributed by atoms with E-state index in [2.05, 4.69) is 6.08 Å². The Kier molecular flexibility index (Phi) is 2.38. The van der Waals surface area contributed by atoms with Gasteiger partial charge in [0.15, 0.2) is 0 Å². The molecule has 0 bridgehead atoms. The second-order valence-corrected chi connectivity index (χ2v) is 5.47. The van der Waals surface area contributed by atoms with E-state index in [-0.39, 0.29) is 0 Å². The summed E-state index contributed by atoms with van der Waals surface area (Å²) in [6, 6.07) is 0. The van der Waals surface area contributed by atoms with Crippen molar-refractivity contribution < 1.29 is 9.90 Å². The van der Waals surface area contributed by atoms with Gasteiger partial charge >= 0.3 is 5.97 Å². The lowest BCUT2D eigenvalue weighted by Gasteiger charge is -2.33. The van der Waals surface area contributed by atoms with Gasteiger partial charge in [0.05, 0.1) is 0 Å². The number of allylic oxidation sites excluding steroid dienone is 3. The summed E-state index contributed by atoms with van der Waals surface area (Å²) in [4.78, 5) is 10.6. The molecule has 2 heteroatoms. The monoisotopic (exact) mass is 218 g/mol. The van der Waals surface area contributed by atoms with Gasteiger partial charge in [-0.05, 0) is 37.5 Å². The van der Waals surface area contributed by atoms with Crippen molar-refractivity contribution in [1.29, 1.82) is 0 Å². The molecular weight excluding hydrogens is 200 g/mol. The molecule has 0 saturated heterocycles. The SMILES string of the molecule is O=C(O)C=C1C[C@@H]2CC(C3CCCC3)=C[C@H]12. The van der Waals surface area contributed by atoms with E-state index in [1.165, 1.54) is 38.2 Å². The van der Waals surface area contributed by atoms with E-state index in [1.54, 1.807) is 5.57 Å². The normalized spacial score (nSPS) is 36.0. The molecule has 2 saturated carbocycles. The fraction of sp³-hybridized carbons (Fsp3) is 0.643. The predicted octanol–water partition coefficient (Wildman–Crippen LogP) is 3.15. The van der Waals surface area contributed by atoms with Gasteiger partial charge in [-0.3, -0.25) is 0 Å². The quantitative estimate of drug-likeness (QED) is 0.571. The number of carbonyl (C=O) groups is 1. The number of fused-ring (bicyclic) bond motifs is 1. The largest absolute Gasteiger partial charge is 0.478 e. The number of aliphatic carboxylic acids is 1. The first-order valence-corrected chi connectivity index (χ1v) is 6.38. The third-order valence-electron chi connectivity index (χ3n) is 4.51. The minimum atomic E-state index is -0.781. The first kappa shape index (κ1) is 10.1. The molecule has 16 heavy (non-hydrogen) atoms. The molecule has 2 nitrogen and oxygen atoms in total. The highest BCUT2D eigenvalue weighted by Gasteiger charge is 2.41. The Morgan fingerprint density at radius 3 is 2.75 bits per heavy atom. The molecule has 0 heterocycles. The molecular formula is C14H18O2. The summed E-state index contributed by atoms with van der Waals surface area (Å²) in [6.07, 6.45) is 11.6. The highest BCUT2D eigenvalue weighted by atomic mass is 16.4. The molecule has 0 aromatic heterocycles. The van der Waals surface area contributed by atoms with Crippen LogP contribution in [0.2, 0.25) is 0 Å². The lowest BCUT2D eigenvalue weighted by atomic mass is 9.71. The number of carboxylic acids is 1. The van der Waals surface area contributed by atoms with E-state index in [0.29, 0.717) is 5.92 Å². The zero-order valence-corrected chi connectivity index (χ0v) is 9.48. The molecule has 2 fully saturated rings. The summed E-state index contributed by atoms with van der Waals surface area (Å²) < 4.78 is 0. The Labute approximate surface area is 96.0 Å². The van der Waals surface area contributed by atoms with Gasteiger partial charge in [-0.15, -0.1) is 0 Å². The van der Waals surface area contributed by atoms with Crippen LogP contribution in [0.1, 0.15) is 38.5 Å². The van der Waals surface area contributed by atoms with Crippen LogP contribution >= 0.6 is 0 Å². The Balaban J connectivity index is 1.72. The molecule has 2 atom stereocenters. The molecule has 3 rings (SSSR count). The average Bonchev–Trinajstić information content (AvgIpc) is 2.81. The Morgan fingerprint density at radius 2 is 2.06 bits per heavy atom. The summed E-state index contributed by atoms with van der Waals surface area (Å²) >= 11 is 0. The first-order valence-electron chi connectivity index (χ1n) is 6.38. The summed E-state index contributed by atoms with van der Waals surface area (Å²) in [6.45, 7) is 0. The Morgan fingerprint density at radius 1 is 1.31 bits per heavy atom. The molecule has 1 N–H and O–H groups in total. The summed E-state index contributed by atoms with van der Waals surface area (Å²) in [5.41, 5.74) is 2.78. The average molecular weight is 218 g/mol. The van der Waals surface area contributed by atoms with Crippen LogP contribution in [0.3, 0.4) is 0 Å². The van der Waals surface area contributed by atoms with Crippen LogP contribution in [0.5, 0.6) is 0 Å². The number of rotatable bonds is 2. The Hall–Kier alpha value is -1.05. The molecule has 0 unspecified atom stereocenters.